The largest absolute Gasteiger partial charge is 0.393 e. The summed E-state index contributed by atoms with van der Waals surface area (Å²) in [5, 5.41) is 14.6. The number of carbonyl (C=O) groups is 1. The molecule has 2 atom stereocenters. The van der Waals surface area contributed by atoms with E-state index in [0.717, 1.165) is 24.1 Å². The number of nitrogens with one attached hydrogen (secondary N) is 3. The normalized spacial score (nSPS) is 21.7. The SMILES string of the molecule is CN/C=C1\C(=N)C=CC=C1Nc1cc(-c2cnccn2)nc([C@@H]2CC[C@H](C)N(C(C)=O)C2)n1. The molecule has 4 rings (SSSR count). The van der Waals surface area contributed by atoms with E-state index < -0.39 is 0 Å². The van der Waals surface area contributed by atoms with E-state index in [0.29, 0.717) is 35.3 Å². The van der Waals surface area contributed by atoms with Gasteiger partial charge in [0.25, 0.3) is 0 Å². The topological polar surface area (TPSA) is 120 Å². The van der Waals surface area contributed by atoms with Gasteiger partial charge in [-0.1, -0.05) is 6.08 Å². The second kappa shape index (κ2) is 9.72. The Morgan fingerprint density at radius 3 is 2.82 bits per heavy atom. The minimum absolute atomic E-state index is 0.0214. The van der Waals surface area contributed by atoms with Crippen LogP contribution in [0.25, 0.3) is 11.4 Å². The van der Waals surface area contributed by atoms with Crippen molar-refractivity contribution >= 4 is 17.4 Å². The highest BCUT2D eigenvalue weighted by molar-refractivity contribution is 6.11. The molecule has 1 fully saturated rings. The smallest absolute Gasteiger partial charge is 0.219 e. The third-order valence-corrected chi connectivity index (χ3v) is 5.88. The van der Waals surface area contributed by atoms with Crippen molar-refractivity contribution in [2.45, 2.75) is 38.6 Å². The third kappa shape index (κ3) is 4.97. The molecule has 9 heteroatoms. The van der Waals surface area contributed by atoms with Gasteiger partial charge in [-0.05, 0) is 31.9 Å². The average molecular weight is 445 g/mol. The molecular weight excluding hydrogens is 416 g/mol. The number of hydrogen-bond donors (Lipinski definition) is 3. The molecule has 0 saturated carbocycles. The van der Waals surface area contributed by atoms with Crippen molar-refractivity contribution in [1.29, 1.82) is 5.41 Å². The number of likely N-dealkylation sites (tertiary alicyclic amines) is 1. The van der Waals surface area contributed by atoms with Crippen molar-refractivity contribution in [3.63, 3.8) is 0 Å². The van der Waals surface area contributed by atoms with E-state index in [1.165, 1.54) is 0 Å². The van der Waals surface area contributed by atoms with Gasteiger partial charge in [0.05, 0.1) is 23.3 Å². The van der Waals surface area contributed by atoms with E-state index in [9.17, 15) is 4.79 Å². The fourth-order valence-corrected chi connectivity index (χ4v) is 4.14. The van der Waals surface area contributed by atoms with Crippen LogP contribution in [-0.2, 0) is 4.79 Å². The summed E-state index contributed by atoms with van der Waals surface area (Å²) in [6, 6.07) is 2.04. The number of carbonyl (C=O) groups excluding carboxylic acids is 1. The van der Waals surface area contributed by atoms with E-state index in [1.54, 1.807) is 44.8 Å². The number of hydrogen-bond acceptors (Lipinski definition) is 8. The first-order chi connectivity index (χ1) is 16.0. The number of anilines is 1. The Labute approximate surface area is 193 Å². The van der Waals surface area contributed by atoms with Crippen molar-refractivity contribution in [3.05, 3.63) is 66.2 Å². The van der Waals surface area contributed by atoms with E-state index >= 15 is 0 Å². The lowest BCUT2D eigenvalue weighted by Gasteiger charge is -2.37. The molecule has 0 radical (unpaired) electrons. The summed E-state index contributed by atoms with van der Waals surface area (Å²) in [6.07, 6.45) is 14.0. The van der Waals surface area contributed by atoms with Gasteiger partial charge in [0.2, 0.25) is 5.91 Å². The molecule has 1 aliphatic heterocycles. The molecule has 3 heterocycles. The van der Waals surface area contributed by atoms with E-state index in [1.807, 2.05) is 23.1 Å². The Hall–Kier alpha value is -3.88. The predicted molar refractivity (Wildman–Crippen MR) is 128 cm³/mol. The number of nitrogens with zero attached hydrogens (tertiary/aromatic N) is 5. The van der Waals surface area contributed by atoms with E-state index in [-0.39, 0.29) is 17.9 Å². The fourth-order valence-electron chi connectivity index (χ4n) is 4.14. The van der Waals surface area contributed by atoms with Gasteiger partial charge in [-0.2, -0.15) is 0 Å². The van der Waals surface area contributed by atoms with Gasteiger partial charge >= 0.3 is 0 Å². The molecule has 9 nitrogen and oxygen atoms in total. The molecule has 1 aliphatic carbocycles. The highest BCUT2D eigenvalue weighted by atomic mass is 16.2. The Morgan fingerprint density at radius 2 is 2.09 bits per heavy atom. The molecule has 0 bridgehead atoms. The second-order valence-corrected chi connectivity index (χ2v) is 8.21. The van der Waals surface area contributed by atoms with E-state index in [4.69, 9.17) is 15.4 Å². The average Bonchev–Trinajstić information content (AvgIpc) is 2.82. The maximum absolute atomic E-state index is 12.1. The van der Waals surface area contributed by atoms with Crippen LogP contribution in [0.15, 0.2) is 60.4 Å². The maximum Gasteiger partial charge on any atom is 0.219 e. The zero-order valence-electron chi connectivity index (χ0n) is 19.0. The Balaban J connectivity index is 1.72. The van der Waals surface area contributed by atoms with Crippen LogP contribution in [-0.4, -0.2) is 56.1 Å². The molecule has 2 aromatic heterocycles. The molecule has 1 saturated heterocycles. The number of piperidine rings is 1. The monoisotopic (exact) mass is 444 g/mol. The molecule has 2 aliphatic rings. The summed E-state index contributed by atoms with van der Waals surface area (Å²) in [7, 11) is 1.80. The highest BCUT2D eigenvalue weighted by Crippen LogP contribution is 2.31. The molecule has 3 N–H and O–H groups in total. The Morgan fingerprint density at radius 1 is 1.24 bits per heavy atom. The molecule has 33 heavy (non-hydrogen) atoms. The number of allylic oxidation sites excluding steroid dienone is 4. The minimum Gasteiger partial charge on any atom is -0.393 e. The summed E-state index contributed by atoms with van der Waals surface area (Å²) >= 11 is 0. The fraction of sp³-hybridized carbons (Fsp3) is 0.333. The van der Waals surface area contributed by atoms with Gasteiger partial charge < -0.3 is 20.9 Å². The van der Waals surface area contributed by atoms with Crippen LogP contribution < -0.4 is 10.6 Å². The summed E-state index contributed by atoms with van der Waals surface area (Å²) in [6.45, 7) is 4.27. The quantitative estimate of drug-likeness (QED) is 0.648. The zero-order valence-corrected chi connectivity index (χ0v) is 19.0. The van der Waals surface area contributed by atoms with Crippen LogP contribution in [0.3, 0.4) is 0 Å². The van der Waals surface area contributed by atoms with Gasteiger partial charge in [-0.25, -0.2) is 9.97 Å². The van der Waals surface area contributed by atoms with Crippen LogP contribution in [0, 0.1) is 5.41 Å². The van der Waals surface area contributed by atoms with E-state index in [2.05, 4.69) is 27.5 Å². The van der Waals surface area contributed by atoms with Crippen LogP contribution in [0.4, 0.5) is 5.82 Å². The molecule has 0 unspecified atom stereocenters. The zero-order chi connectivity index (χ0) is 23.4. The lowest BCUT2D eigenvalue weighted by molar-refractivity contribution is -0.132. The predicted octanol–water partition coefficient (Wildman–Crippen LogP) is 3.04. The molecular formula is C24H28N8O. The van der Waals surface area contributed by atoms with Gasteiger partial charge in [-0.15, -0.1) is 0 Å². The third-order valence-electron chi connectivity index (χ3n) is 5.88. The maximum atomic E-state index is 12.1. The van der Waals surface area contributed by atoms with Crippen LogP contribution in [0.2, 0.25) is 0 Å². The molecule has 1 amide bonds. The standard InChI is InChI=1S/C24H28N8O/c1-15-7-8-17(14-32(15)16(2)33)24-30-21(22-13-27-9-10-28-22)11-23(31-24)29-20-6-4-5-19(25)18(20)12-26-3/h4-6,9-13,15,17,25-26H,7-8,14H2,1-3H3,(H,29,30,31)/b18-12+,25-19?/t15-,17+/m0/s1. The lowest BCUT2D eigenvalue weighted by Crippen LogP contribution is -2.44. The van der Waals surface area contributed by atoms with Gasteiger partial charge in [0.15, 0.2) is 0 Å². The molecule has 2 aromatic rings. The lowest BCUT2D eigenvalue weighted by atomic mass is 9.92. The summed E-state index contributed by atoms with van der Waals surface area (Å²) in [5.74, 6) is 1.35. The Bertz CT molecular complexity index is 1140. The van der Waals surface area contributed by atoms with Crippen LogP contribution in [0.1, 0.15) is 38.4 Å². The molecule has 0 aromatic carbocycles. The van der Waals surface area contributed by atoms with Crippen molar-refractivity contribution in [1.82, 2.24) is 30.2 Å². The molecule has 170 valence electrons. The number of rotatable bonds is 5. The summed E-state index contributed by atoms with van der Waals surface area (Å²) < 4.78 is 0. The van der Waals surface area contributed by atoms with Crippen molar-refractivity contribution < 1.29 is 4.79 Å². The van der Waals surface area contributed by atoms with Gasteiger partial charge in [0.1, 0.15) is 17.3 Å². The highest BCUT2D eigenvalue weighted by Gasteiger charge is 2.30. The van der Waals surface area contributed by atoms with Crippen molar-refractivity contribution in [2.24, 2.45) is 0 Å². The summed E-state index contributed by atoms with van der Waals surface area (Å²) in [5.41, 5.74) is 3.19. The van der Waals surface area contributed by atoms with Crippen LogP contribution in [0.5, 0.6) is 0 Å². The molecule has 0 spiro atoms. The van der Waals surface area contributed by atoms with Gasteiger partial charge in [-0.3, -0.25) is 14.8 Å². The van der Waals surface area contributed by atoms with Gasteiger partial charge in [0, 0.05) is 62.7 Å². The Kier molecular flexibility index (Phi) is 6.58. The minimum atomic E-state index is 0.0214. The second-order valence-electron chi connectivity index (χ2n) is 8.21. The van der Waals surface area contributed by atoms with Crippen LogP contribution >= 0.6 is 0 Å². The summed E-state index contributed by atoms with van der Waals surface area (Å²) in [4.78, 5) is 32.3. The van der Waals surface area contributed by atoms with Crippen molar-refractivity contribution in [2.75, 3.05) is 18.9 Å². The first-order valence-corrected chi connectivity index (χ1v) is 11.0. The first kappa shape index (κ1) is 22.3. The number of amides is 1. The van der Waals surface area contributed by atoms with Crippen molar-refractivity contribution in [3.8, 4) is 11.4 Å². The first-order valence-electron chi connectivity index (χ1n) is 11.0. The number of aromatic nitrogens is 4.